The van der Waals surface area contributed by atoms with Gasteiger partial charge in [-0.05, 0) is 36.4 Å². The zero-order valence-corrected chi connectivity index (χ0v) is 17.1. The highest BCUT2D eigenvalue weighted by atomic mass is 35.5. The standard InChI is InChI=1S/C23H17ClFN3O3/c1-31-19-11-10-15(25)12-17(19)22(29)28-21-23(30)26-18-5-3-2-4-16(18)20(27-21)13-6-8-14(24)9-7-13/h2-12,21H,1H3,(H,26,30)(H,28,29)/t21-/m1/s1. The van der Waals surface area contributed by atoms with Crippen LogP contribution in [-0.2, 0) is 4.79 Å². The number of fused-ring (bicyclic) bond motifs is 1. The Bertz CT molecular complexity index is 1190. The number of aliphatic imine (C=N–C) groups is 1. The fraction of sp³-hybridized carbons (Fsp3) is 0.0870. The number of nitrogens with zero attached hydrogens (tertiary/aromatic N) is 1. The van der Waals surface area contributed by atoms with Crippen molar-refractivity contribution in [2.45, 2.75) is 6.17 Å². The smallest absolute Gasteiger partial charge is 0.269 e. The molecule has 8 heteroatoms. The molecule has 156 valence electrons. The molecule has 2 amide bonds. The highest BCUT2D eigenvalue weighted by Gasteiger charge is 2.28. The van der Waals surface area contributed by atoms with Gasteiger partial charge in [0.05, 0.1) is 24.1 Å². The van der Waals surface area contributed by atoms with Gasteiger partial charge in [0, 0.05) is 16.1 Å². The quantitative estimate of drug-likeness (QED) is 0.646. The van der Waals surface area contributed by atoms with Crippen molar-refractivity contribution in [3.63, 3.8) is 0 Å². The van der Waals surface area contributed by atoms with E-state index in [0.29, 0.717) is 22.0 Å². The summed E-state index contributed by atoms with van der Waals surface area (Å²) in [4.78, 5) is 30.2. The van der Waals surface area contributed by atoms with E-state index in [1.54, 1.807) is 36.4 Å². The Hall–Kier alpha value is -3.71. The zero-order valence-electron chi connectivity index (χ0n) is 16.4. The maximum absolute atomic E-state index is 13.7. The van der Waals surface area contributed by atoms with Crippen LogP contribution in [-0.4, -0.2) is 30.8 Å². The number of halogens is 2. The SMILES string of the molecule is COc1ccc(F)cc1C(=O)N[C@H]1N=C(c2ccc(Cl)cc2)c2ccccc2NC1=O. The molecule has 0 radical (unpaired) electrons. The Morgan fingerprint density at radius 3 is 2.61 bits per heavy atom. The molecule has 0 aliphatic carbocycles. The first-order chi connectivity index (χ1) is 15.0. The van der Waals surface area contributed by atoms with Crippen LogP contribution in [0.2, 0.25) is 5.02 Å². The highest BCUT2D eigenvalue weighted by molar-refractivity contribution is 6.30. The molecule has 0 aromatic heterocycles. The average molecular weight is 438 g/mol. The van der Waals surface area contributed by atoms with Gasteiger partial charge in [-0.3, -0.25) is 9.59 Å². The number of anilines is 1. The number of benzodiazepines with no additional fused rings is 1. The van der Waals surface area contributed by atoms with Gasteiger partial charge in [-0.2, -0.15) is 0 Å². The molecule has 2 N–H and O–H groups in total. The van der Waals surface area contributed by atoms with Gasteiger partial charge in [-0.1, -0.05) is 41.9 Å². The van der Waals surface area contributed by atoms with E-state index in [1.165, 1.54) is 19.2 Å². The van der Waals surface area contributed by atoms with E-state index in [-0.39, 0.29) is 11.3 Å². The van der Waals surface area contributed by atoms with Gasteiger partial charge in [0.1, 0.15) is 11.6 Å². The summed E-state index contributed by atoms with van der Waals surface area (Å²) < 4.78 is 18.8. The molecule has 3 aromatic carbocycles. The van der Waals surface area contributed by atoms with Crippen LogP contribution in [0.5, 0.6) is 5.75 Å². The molecule has 6 nitrogen and oxygen atoms in total. The van der Waals surface area contributed by atoms with Gasteiger partial charge < -0.3 is 15.4 Å². The summed E-state index contributed by atoms with van der Waals surface area (Å²) in [5.41, 5.74) is 2.43. The van der Waals surface area contributed by atoms with E-state index in [2.05, 4.69) is 15.6 Å². The minimum absolute atomic E-state index is 0.0414. The number of nitrogens with one attached hydrogen (secondary N) is 2. The van der Waals surface area contributed by atoms with Gasteiger partial charge in [0.15, 0.2) is 0 Å². The van der Waals surface area contributed by atoms with E-state index in [0.717, 1.165) is 11.6 Å². The second-order valence-electron chi connectivity index (χ2n) is 6.74. The van der Waals surface area contributed by atoms with Crippen molar-refractivity contribution >= 4 is 34.8 Å². The molecule has 0 unspecified atom stereocenters. The van der Waals surface area contributed by atoms with E-state index in [4.69, 9.17) is 16.3 Å². The summed E-state index contributed by atoms with van der Waals surface area (Å²) in [5.74, 6) is -1.64. The predicted octanol–water partition coefficient (Wildman–Crippen LogP) is 4.03. The normalized spacial score (nSPS) is 15.3. The molecule has 0 spiro atoms. The molecule has 4 rings (SSSR count). The van der Waals surface area contributed by atoms with Crippen molar-refractivity contribution in [2.75, 3.05) is 12.4 Å². The van der Waals surface area contributed by atoms with E-state index in [1.807, 2.05) is 12.1 Å². The van der Waals surface area contributed by atoms with Gasteiger partial charge >= 0.3 is 0 Å². The molecule has 31 heavy (non-hydrogen) atoms. The Labute approximate surface area is 182 Å². The zero-order chi connectivity index (χ0) is 22.0. The lowest BCUT2D eigenvalue weighted by Crippen LogP contribution is -2.42. The Balaban J connectivity index is 1.75. The first-order valence-corrected chi connectivity index (χ1v) is 9.72. The summed E-state index contributed by atoms with van der Waals surface area (Å²) in [5, 5.41) is 5.90. The number of rotatable bonds is 4. The van der Waals surface area contributed by atoms with Crippen LogP contribution in [0.3, 0.4) is 0 Å². The van der Waals surface area contributed by atoms with Gasteiger partial charge in [0.25, 0.3) is 11.8 Å². The van der Waals surface area contributed by atoms with Crippen molar-refractivity contribution in [2.24, 2.45) is 4.99 Å². The minimum atomic E-state index is -1.25. The molecule has 1 heterocycles. The summed E-state index contributed by atoms with van der Waals surface area (Å²) in [6.45, 7) is 0. The van der Waals surface area contributed by atoms with E-state index >= 15 is 0 Å². The molecule has 0 fully saturated rings. The maximum Gasteiger partial charge on any atom is 0.269 e. The molecule has 0 saturated heterocycles. The minimum Gasteiger partial charge on any atom is -0.496 e. The fourth-order valence-corrected chi connectivity index (χ4v) is 3.38. The van der Waals surface area contributed by atoms with Crippen LogP contribution in [0.4, 0.5) is 10.1 Å². The van der Waals surface area contributed by atoms with Crippen LogP contribution in [0.1, 0.15) is 21.5 Å². The van der Waals surface area contributed by atoms with E-state index in [9.17, 15) is 14.0 Å². The lowest BCUT2D eigenvalue weighted by atomic mass is 10.0. The maximum atomic E-state index is 13.7. The molecular formula is C23H17ClFN3O3. The lowest BCUT2D eigenvalue weighted by Gasteiger charge is -2.15. The topological polar surface area (TPSA) is 79.8 Å². The summed E-state index contributed by atoms with van der Waals surface area (Å²) in [6.07, 6.45) is -1.25. The van der Waals surface area contributed by atoms with Crippen LogP contribution in [0, 0.1) is 5.82 Å². The molecule has 1 atom stereocenters. The van der Waals surface area contributed by atoms with Crippen molar-refractivity contribution in [1.29, 1.82) is 0 Å². The molecule has 1 aliphatic rings. The number of para-hydroxylation sites is 1. The number of benzene rings is 3. The Morgan fingerprint density at radius 1 is 1.13 bits per heavy atom. The summed E-state index contributed by atoms with van der Waals surface area (Å²) in [7, 11) is 1.37. The number of methoxy groups -OCH3 is 1. The number of amides is 2. The third-order valence-corrected chi connectivity index (χ3v) is 4.99. The number of hydrogen-bond acceptors (Lipinski definition) is 4. The van der Waals surface area contributed by atoms with Gasteiger partial charge in [-0.15, -0.1) is 0 Å². The van der Waals surface area contributed by atoms with Crippen molar-refractivity contribution in [1.82, 2.24) is 5.32 Å². The first-order valence-electron chi connectivity index (χ1n) is 9.34. The van der Waals surface area contributed by atoms with Crippen LogP contribution < -0.4 is 15.4 Å². The summed E-state index contributed by atoms with van der Waals surface area (Å²) >= 11 is 6.01. The summed E-state index contributed by atoms with van der Waals surface area (Å²) in [6, 6.07) is 17.7. The first kappa shape index (κ1) is 20.6. The second-order valence-corrected chi connectivity index (χ2v) is 7.18. The molecule has 0 bridgehead atoms. The van der Waals surface area contributed by atoms with Crippen molar-refractivity contribution < 1.29 is 18.7 Å². The monoisotopic (exact) mass is 437 g/mol. The Kier molecular flexibility index (Phi) is 5.68. The molecule has 1 aliphatic heterocycles. The second kappa shape index (κ2) is 8.57. The van der Waals surface area contributed by atoms with Crippen molar-refractivity contribution in [3.8, 4) is 5.75 Å². The predicted molar refractivity (Wildman–Crippen MR) is 116 cm³/mol. The molecular weight excluding hydrogens is 421 g/mol. The molecule has 3 aromatic rings. The largest absolute Gasteiger partial charge is 0.496 e. The highest BCUT2D eigenvalue weighted by Crippen LogP contribution is 2.25. The Morgan fingerprint density at radius 2 is 1.87 bits per heavy atom. The lowest BCUT2D eigenvalue weighted by molar-refractivity contribution is -0.117. The third kappa shape index (κ3) is 4.27. The fourth-order valence-electron chi connectivity index (χ4n) is 3.25. The number of carbonyl (C=O) groups is 2. The van der Waals surface area contributed by atoms with E-state index < -0.39 is 23.8 Å². The number of ether oxygens (including phenoxy) is 1. The van der Waals surface area contributed by atoms with Crippen LogP contribution in [0.25, 0.3) is 0 Å². The average Bonchev–Trinajstić information content (AvgIpc) is 2.90. The van der Waals surface area contributed by atoms with Crippen molar-refractivity contribution in [3.05, 3.63) is 94.3 Å². The third-order valence-electron chi connectivity index (χ3n) is 4.74. The van der Waals surface area contributed by atoms with Crippen LogP contribution in [0.15, 0.2) is 71.7 Å². The van der Waals surface area contributed by atoms with Gasteiger partial charge in [0.2, 0.25) is 6.17 Å². The van der Waals surface area contributed by atoms with Gasteiger partial charge in [-0.25, -0.2) is 9.38 Å². The molecule has 0 saturated carbocycles. The number of hydrogen-bond donors (Lipinski definition) is 2. The number of carbonyl (C=O) groups excluding carboxylic acids is 2. The van der Waals surface area contributed by atoms with Crippen LogP contribution >= 0.6 is 11.6 Å².